The van der Waals surface area contributed by atoms with Crippen molar-refractivity contribution >= 4 is 5.78 Å². The summed E-state index contributed by atoms with van der Waals surface area (Å²) in [5, 5.41) is 0. The van der Waals surface area contributed by atoms with Crippen LogP contribution in [-0.2, 0) is 6.61 Å². The van der Waals surface area contributed by atoms with Crippen LogP contribution in [-0.4, -0.2) is 30.3 Å². The molecule has 1 saturated heterocycles. The van der Waals surface area contributed by atoms with Gasteiger partial charge in [-0.05, 0) is 57.5 Å². The van der Waals surface area contributed by atoms with Crippen LogP contribution in [0.1, 0.15) is 39.9 Å². The summed E-state index contributed by atoms with van der Waals surface area (Å²) in [6.45, 7) is 7.10. The van der Waals surface area contributed by atoms with Gasteiger partial charge >= 0.3 is 0 Å². The van der Waals surface area contributed by atoms with Gasteiger partial charge in [0.1, 0.15) is 12.4 Å². The number of benzene rings is 2. The molecule has 0 radical (unpaired) electrons. The Hall–Kier alpha value is -2.13. The van der Waals surface area contributed by atoms with Crippen LogP contribution in [0.3, 0.4) is 0 Å². The van der Waals surface area contributed by atoms with E-state index in [0.29, 0.717) is 24.5 Å². The summed E-state index contributed by atoms with van der Waals surface area (Å²) in [5.41, 5.74) is 4.13. The van der Waals surface area contributed by atoms with Crippen LogP contribution < -0.4 is 4.74 Å². The third-order valence-corrected chi connectivity index (χ3v) is 4.52. The maximum Gasteiger partial charge on any atom is 0.180 e. The van der Waals surface area contributed by atoms with Crippen molar-refractivity contribution in [3.63, 3.8) is 0 Å². The third-order valence-electron chi connectivity index (χ3n) is 4.52. The van der Waals surface area contributed by atoms with Crippen LogP contribution in [0.15, 0.2) is 42.5 Å². The largest absolute Gasteiger partial charge is 0.488 e. The molecule has 0 spiro atoms. The van der Waals surface area contributed by atoms with E-state index in [1.165, 1.54) is 18.4 Å². The molecule has 1 fully saturated rings. The monoisotopic (exact) mass is 323 g/mol. The Bertz CT molecular complexity index is 700. The highest BCUT2D eigenvalue weighted by Gasteiger charge is 2.19. The number of Topliss-reactive ketones (excluding diaryl/α,β-unsaturated/α-hetero) is 1. The molecule has 0 amide bonds. The highest BCUT2D eigenvalue weighted by atomic mass is 16.5. The van der Waals surface area contributed by atoms with Gasteiger partial charge in [-0.25, -0.2) is 0 Å². The van der Waals surface area contributed by atoms with Gasteiger partial charge in [0.05, 0.1) is 12.1 Å². The molecule has 0 atom stereocenters. The molecule has 0 aromatic heterocycles. The van der Waals surface area contributed by atoms with E-state index < -0.39 is 0 Å². The molecule has 3 heteroatoms. The minimum Gasteiger partial charge on any atom is -0.488 e. The minimum atomic E-state index is 0.152. The van der Waals surface area contributed by atoms with Crippen molar-refractivity contribution in [2.24, 2.45) is 0 Å². The first kappa shape index (κ1) is 16.7. The lowest BCUT2D eigenvalue weighted by Crippen LogP contribution is -2.27. The lowest BCUT2D eigenvalue weighted by molar-refractivity contribution is 0.0940. The lowest BCUT2D eigenvalue weighted by atomic mass is 10.1. The van der Waals surface area contributed by atoms with Crippen molar-refractivity contribution in [1.29, 1.82) is 0 Å². The molecule has 1 aliphatic heterocycles. The normalized spacial score (nSPS) is 14.8. The fourth-order valence-electron chi connectivity index (χ4n) is 3.06. The van der Waals surface area contributed by atoms with Gasteiger partial charge in [-0.2, -0.15) is 0 Å². The molecule has 0 N–H and O–H groups in total. The van der Waals surface area contributed by atoms with Crippen molar-refractivity contribution in [3.8, 4) is 5.75 Å². The molecule has 126 valence electrons. The summed E-state index contributed by atoms with van der Waals surface area (Å²) < 4.78 is 5.96. The maximum absolute atomic E-state index is 12.7. The zero-order valence-electron chi connectivity index (χ0n) is 14.5. The third kappa shape index (κ3) is 4.24. The van der Waals surface area contributed by atoms with Crippen LogP contribution in [0.2, 0.25) is 0 Å². The highest BCUT2D eigenvalue weighted by Crippen LogP contribution is 2.23. The first-order chi connectivity index (χ1) is 11.6. The van der Waals surface area contributed by atoms with Gasteiger partial charge < -0.3 is 4.74 Å². The molecular formula is C21H25NO2. The Morgan fingerprint density at radius 1 is 1.00 bits per heavy atom. The second kappa shape index (κ2) is 7.63. The van der Waals surface area contributed by atoms with Crippen molar-refractivity contribution in [2.45, 2.75) is 33.3 Å². The van der Waals surface area contributed by atoms with Gasteiger partial charge in [0.15, 0.2) is 5.78 Å². The number of nitrogens with zero attached hydrogens (tertiary/aromatic N) is 1. The Balaban J connectivity index is 1.72. The van der Waals surface area contributed by atoms with Gasteiger partial charge in [-0.1, -0.05) is 41.5 Å². The molecule has 24 heavy (non-hydrogen) atoms. The molecule has 1 heterocycles. The molecule has 0 bridgehead atoms. The molecule has 2 aromatic rings. The Morgan fingerprint density at radius 3 is 2.38 bits per heavy atom. The molecule has 2 aromatic carbocycles. The number of ketones is 1. The second-order valence-electron chi connectivity index (χ2n) is 6.68. The molecular weight excluding hydrogens is 298 g/mol. The van der Waals surface area contributed by atoms with Crippen LogP contribution in [0.5, 0.6) is 5.75 Å². The molecule has 3 nitrogen and oxygen atoms in total. The predicted octanol–water partition coefficient (Wildman–Crippen LogP) is 4.16. The molecule has 0 saturated carbocycles. The smallest absolute Gasteiger partial charge is 0.180 e. The number of hydrogen-bond acceptors (Lipinski definition) is 3. The molecule has 1 aliphatic rings. The summed E-state index contributed by atoms with van der Waals surface area (Å²) >= 11 is 0. The average molecular weight is 323 g/mol. The van der Waals surface area contributed by atoms with Crippen molar-refractivity contribution < 1.29 is 9.53 Å². The summed E-state index contributed by atoms with van der Waals surface area (Å²) in [4.78, 5) is 14.9. The standard InChI is InChI=1S/C21H25NO2/c1-16-5-8-18(9-6-16)15-24-21-10-7-17(2)13-19(21)20(23)14-22-11-3-4-12-22/h5-10,13H,3-4,11-12,14-15H2,1-2H3. The topological polar surface area (TPSA) is 29.5 Å². The number of ether oxygens (including phenoxy) is 1. The number of rotatable bonds is 6. The summed E-state index contributed by atoms with van der Waals surface area (Å²) in [6.07, 6.45) is 2.38. The number of carbonyl (C=O) groups is 1. The first-order valence-electron chi connectivity index (χ1n) is 8.66. The molecule has 0 unspecified atom stereocenters. The average Bonchev–Trinajstić information content (AvgIpc) is 3.08. The maximum atomic E-state index is 12.7. The fourth-order valence-corrected chi connectivity index (χ4v) is 3.06. The summed E-state index contributed by atoms with van der Waals surface area (Å²) in [6, 6.07) is 14.1. The quantitative estimate of drug-likeness (QED) is 0.748. The van der Waals surface area contributed by atoms with Crippen molar-refractivity contribution in [3.05, 3.63) is 64.7 Å². The lowest BCUT2D eigenvalue weighted by Gasteiger charge is -2.16. The molecule has 0 aliphatic carbocycles. The molecule has 3 rings (SSSR count). The van der Waals surface area contributed by atoms with E-state index in [2.05, 4.69) is 36.1 Å². The summed E-state index contributed by atoms with van der Waals surface area (Å²) in [5.74, 6) is 0.838. The van der Waals surface area contributed by atoms with Gasteiger partial charge in [0.2, 0.25) is 0 Å². The summed E-state index contributed by atoms with van der Waals surface area (Å²) in [7, 11) is 0. The van der Waals surface area contributed by atoms with Gasteiger partial charge in [-0.15, -0.1) is 0 Å². The van der Waals surface area contributed by atoms with E-state index in [0.717, 1.165) is 24.2 Å². The zero-order valence-corrected chi connectivity index (χ0v) is 14.5. The van der Waals surface area contributed by atoms with E-state index in [1.54, 1.807) is 0 Å². The Morgan fingerprint density at radius 2 is 1.67 bits per heavy atom. The van der Waals surface area contributed by atoms with E-state index >= 15 is 0 Å². The van der Waals surface area contributed by atoms with Crippen LogP contribution in [0.25, 0.3) is 0 Å². The number of carbonyl (C=O) groups excluding carboxylic acids is 1. The van der Waals surface area contributed by atoms with Crippen LogP contribution in [0.4, 0.5) is 0 Å². The van der Waals surface area contributed by atoms with E-state index in [4.69, 9.17) is 4.74 Å². The van der Waals surface area contributed by atoms with Crippen molar-refractivity contribution in [2.75, 3.05) is 19.6 Å². The van der Waals surface area contributed by atoms with Crippen LogP contribution >= 0.6 is 0 Å². The zero-order chi connectivity index (χ0) is 16.9. The predicted molar refractivity (Wildman–Crippen MR) is 96.7 cm³/mol. The first-order valence-corrected chi connectivity index (χ1v) is 8.66. The Kier molecular flexibility index (Phi) is 5.31. The van der Waals surface area contributed by atoms with E-state index in [-0.39, 0.29) is 5.78 Å². The van der Waals surface area contributed by atoms with Gasteiger partial charge in [-0.3, -0.25) is 9.69 Å². The van der Waals surface area contributed by atoms with Crippen molar-refractivity contribution in [1.82, 2.24) is 4.90 Å². The fraction of sp³-hybridized carbons (Fsp3) is 0.381. The number of hydrogen-bond donors (Lipinski definition) is 0. The van der Waals surface area contributed by atoms with Gasteiger partial charge in [0, 0.05) is 0 Å². The number of likely N-dealkylation sites (tertiary alicyclic amines) is 1. The van der Waals surface area contributed by atoms with Gasteiger partial charge in [0.25, 0.3) is 0 Å². The Labute approximate surface area is 144 Å². The SMILES string of the molecule is Cc1ccc(COc2ccc(C)cc2C(=O)CN2CCCC2)cc1. The number of aryl methyl sites for hydroxylation is 2. The van der Waals surface area contributed by atoms with E-state index in [1.807, 2.05) is 25.1 Å². The van der Waals surface area contributed by atoms with Crippen LogP contribution in [0, 0.1) is 13.8 Å². The highest BCUT2D eigenvalue weighted by molar-refractivity contribution is 6.00. The minimum absolute atomic E-state index is 0.152. The second-order valence-corrected chi connectivity index (χ2v) is 6.68. The van der Waals surface area contributed by atoms with E-state index in [9.17, 15) is 4.79 Å².